The number of hydrogen-bond acceptors (Lipinski definition) is 5. The van der Waals surface area contributed by atoms with E-state index >= 15 is 0 Å². The van der Waals surface area contributed by atoms with E-state index in [1.54, 1.807) is 0 Å². The maximum absolute atomic E-state index is 4.21. The summed E-state index contributed by atoms with van der Waals surface area (Å²) in [5, 5.41) is 8.59. The van der Waals surface area contributed by atoms with Crippen LogP contribution in [-0.2, 0) is 6.54 Å². The molecular formula is C13H18N4S. The molecule has 1 N–H and O–H groups in total. The number of nitrogens with zero attached hydrogens (tertiary/aromatic N) is 3. The van der Waals surface area contributed by atoms with Crippen molar-refractivity contribution in [3.05, 3.63) is 36.0 Å². The lowest BCUT2D eigenvalue weighted by molar-refractivity contribution is 0.804. The quantitative estimate of drug-likeness (QED) is 0.869. The van der Waals surface area contributed by atoms with Crippen molar-refractivity contribution >= 4 is 22.2 Å². The molecule has 0 aliphatic carbocycles. The lowest BCUT2D eigenvalue weighted by Gasteiger charge is -2.22. The minimum absolute atomic E-state index is 0.791. The second-order valence-corrected chi connectivity index (χ2v) is 4.68. The Labute approximate surface area is 112 Å². The van der Waals surface area contributed by atoms with Crippen molar-refractivity contribution in [3.8, 4) is 0 Å². The van der Waals surface area contributed by atoms with Gasteiger partial charge in [0.25, 0.3) is 0 Å². The molecule has 1 aromatic heterocycles. The topological polar surface area (TPSA) is 41.1 Å². The Bertz CT molecular complexity index is 469. The monoisotopic (exact) mass is 262 g/mol. The van der Waals surface area contributed by atoms with Crippen molar-refractivity contribution in [3.63, 3.8) is 0 Å². The molecule has 0 aliphatic rings. The van der Waals surface area contributed by atoms with Gasteiger partial charge in [-0.1, -0.05) is 22.7 Å². The van der Waals surface area contributed by atoms with Gasteiger partial charge in [0.2, 0.25) is 0 Å². The molecule has 0 saturated carbocycles. The van der Waals surface area contributed by atoms with Gasteiger partial charge in [-0.15, -0.1) is 5.10 Å². The number of aromatic nitrogens is 2. The van der Waals surface area contributed by atoms with Crippen LogP contribution in [0.15, 0.2) is 30.3 Å². The molecule has 1 heterocycles. The minimum atomic E-state index is 0.791. The van der Waals surface area contributed by atoms with Crippen molar-refractivity contribution in [2.75, 3.05) is 23.3 Å². The van der Waals surface area contributed by atoms with E-state index in [0.717, 1.165) is 30.3 Å². The van der Waals surface area contributed by atoms with Gasteiger partial charge >= 0.3 is 0 Å². The molecule has 0 spiro atoms. The van der Waals surface area contributed by atoms with Crippen LogP contribution in [0.5, 0.6) is 0 Å². The average molecular weight is 262 g/mol. The standard InChI is InChI=1S/C13H18N4S/c1-3-14-13-12(15-16-18-13)10-17(4-2)11-8-6-5-7-9-11/h5-9,14H,3-4,10H2,1-2H3. The van der Waals surface area contributed by atoms with Crippen molar-refractivity contribution in [1.82, 2.24) is 9.59 Å². The molecule has 18 heavy (non-hydrogen) atoms. The van der Waals surface area contributed by atoms with Crippen LogP contribution < -0.4 is 10.2 Å². The second-order valence-electron chi connectivity index (χ2n) is 3.93. The van der Waals surface area contributed by atoms with E-state index in [1.165, 1.54) is 17.2 Å². The summed E-state index contributed by atoms with van der Waals surface area (Å²) in [7, 11) is 0. The Balaban J connectivity index is 2.13. The summed E-state index contributed by atoms with van der Waals surface area (Å²) in [6.07, 6.45) is 0. The summed E-state index contributed by atoms with van der Waals surface area (Å²) >= 11 is 1.42. The predicted octanol–water partition coefficient (Wildman–Crippen LogP) is 3.00. The van der Waals surface area contributed by atoms with Crippen LogP contribution in [0.4, 0.5) is 10.7 Å². The third-order valence-corrected chi connectivity index (χ3v) is 3.46. The molecule has 0 unspecified atom stereocenters. The zero-order valence-corrected chi connectivity index (χ0v) is 11.6. The maximum atomic E-state index is 4.21. The maximum Gasteiger partial charge on any atom is 0.135 e. The molecular weight excluding hydrogens is 244 g/mol. The molecule has 0 bridgehead atoms. The van der Waals surface area contributed by atoms with Gasteiger partial charge in [-0.3, -0.25) is 0 Å². The Hall–Kier alpha value is -1.62. The smallest absolute Gasteiger partial charge is 0.135 e. The van der Waals surface area contributed by atoms with Crippen LogP contribution in [0.1, 0.15) is 19.5 Å². The van der Waals surface area contributed by atoms with Crippen LogP contribution in [0, 0.1) is 0 Å². The van der Waals surface area contributed by atoms with E-state index in [9.17, 15) is 0 Å². The third kappa shape index (κ3) is 2.98. The summed E-state index contributed by atoms with van der Waals surface area (Å²) in [6, 6.07) is 10.4. The highest BCUT2D eigenvalue weighted by Crippen LogP contribution is 2.22. The molecule has 96 valence electrons. The number of anilines is 2. The number of hydrogen-bond donors (Lipinski definition) is 1. The summed E-state index contributed by atoms with van der Waals surface area (Å²) in [6.45, 7) is 6.87. The van der Waals surface area contributed by atoms with Crippen molar-refractivity contribution in [2.45, 2.75) is 20.4 Å². The SMILES string of the molecule is CCNc1snnc1CN(CC)c1ccccc1. The minimum Gasteiger partial charge on any atom is -0.374 e. The fourth-order valence-corrected chi connectivity index (χ4v) is 2.45. The molecule has 0 atom stereocenters. The Morgan fingerprint density at radius 3 is 2.67 bits per heavy atom. The highest BCUT2D eigenvalue weighted by Gasteiger charge is 2.11. The number of para-hydroxylation sites is 1. The van der Waals surface area contributed by atoms with E-state index < -0.39 is 0 Å². The van der Waals surface area contributed by atoms with Crippen LogP contribution in [-0.4, -0.2) is 22.7 Å². The molecule has 4 nitrogen and oxygen atoms in total. The van der Waals surface area contributed by atoms with Crippen LogP contribution >= 0.6 is 11.5 Å². The lowest BCUT2D eigenvalue weighted by Crippen LogP contribution is -2.22. The van der Waals surface area contributed by atoms with Gasteiger partial charge in [-0.25, -0.2) is 0 Å². The molecule has 0 amide bonds. The van der Waals surface area contributed by atoms with Crippen molar-refractivity contribution in [2.24, 2.45) is 0 Å². The third-order valence-electron chi connectivity index (χ3n) is 2.74. The largest absolute Gasteiger partial charge is 0.374 e. The molecule has 0 saturated heterocycles. The van der Waals surface area contributed by atoms with Gasteiger partial charge in [-0.2, -0.15) is 0 Å². The van der Waals surface area contributed by atoms with Gasteiger partial charge < -0.3 is 10.2 Å². The van der Waals surface area contributed by atoms with E-state index in [-0.39, 0.29) is 0 Å². The van der Waals surface area contributed by atoms with Crippen molar-refractivity contribution in [1.29, 1.82) is 0 Å². The molecule has 2 aromatic rings. The first kappa shape index (κ1) is 12.8. The number of nitrogens with one attached hydrogen (secondary N) is 1. The van der Waals surface area contributed by atoms with Gasteiger partial charge in [0, 0.05) is 30.3 Å². The van der Waals surface area contributed by atoms with Gasteiger partial charge in [0.1, 0.15) is 10.7 Å². The first-order valence-corrected chi connectivity index (χ1v) is 6.97. The summed E-state index contributed by atoms with van der Waals surface area (Å²) < 4.78 is 4.02. The van der Waals surface area contributed by atoms with E-state index in [2.05, 4.69) is 57.9 Å². The number of benzene rings is 1. The highest BCUT2D eigenvalue weighted by molar-refractivity contribution is 7.10. The molecule has 1 aromatic carbocycles. The predicted molar refractivity (Wildman–Crippen MR) is 77.2 cm³/mol. The Kier molecular flexibility index (Phi) is 4.52. The Morgan fingerprint density at radius 2 is 2.00 bits per heavy atom. The fourth-order valence-electron chi connectivity index (χ4n) is 1.81. The number of rotatable bonds is 6. The second kappa shape index (κ2) is 6.35. The Morgan fingerprint density at radius 1 is 1.22 bits per heavy atom. The average Bonchev–Trinajstić information content (AvgIpc) is 2.85. The van der Waals surface area contributed by atoms with E-state index in [4.69, 9.17) is 0 Å². The molecule has 2 rings (SSSR count). The van der Waals surface area contributed by atoms with Gasteiger partial charge in [0.15, 0.2) is 0 Å². The molecule has 0 radical (unpaired) electrons. The van der Waals surface area contributed by atoms with Crippen LogP contribution in [0.3, 0.4) is 0 Å². The zero-order chi connectivity index (χ0) is 12.8. The van der Waals surface area contributed by atoms with Gasteiger partial charge in [0.05, 0.1) is 6.54 Å². The van der Waals surface area contributed by atoms with E-state index in [1.807, 2.05) is 6.07 Å². The first-order chi connectivity index (χ1) is 8.85. The fraction of sp³-hybridized carbons (Fsp3) is 0.385. The summed E-state index contributed by atoms with van der Waals surface area (Å²) in [4.78, 5) is 2.29. The first-order valence-electron chi connectivity index (χ1n) is 6.20. The molecule has 5 heteroatoms. The normalized spacial score (nSPS) is 10.3. The summed E-state index contributed by atoms with van der Waals surface area (Å²) in [5.41, 5.74) is 2.24. The van der Waals surface area contributed by atoms with E-state index in [0.29, 0.717) is 0 Å². The van der Waals surface area contributed by atoms with Crippen LogP contribution in [0.25, 0.3) is 0 Å². The lowest BCUT2D eigenvalue weighted by atomic mass is 10.2. The summed E-state index contributed by atoms with van der Waals surface area (Å²) in [5.74, 6) is 0. The van der Waals surface area contributed by atoms with Crippen molar-refractivity contribution < 1.29 is 0 Å². The highest BCUT2D eigenvalue weighted by atomic mass is 32.1. The molecule has 0 aliphatic heterocycles. The van der Waals surface area contributed by atoms with Gasteiger partial charge in [-0.05, 0) is 26.0 Å². The molecule has 0 fully saturated rings. The van der Waals surface area contributed by atoms with Crippen LogP contribution in [0.2, 0.25) is 0 Å². The zero-order valence-electron chi connectivity index (χ0n) is 10.8.